The topological polar surface area (TPSA) is 108 Å². The van der Waals surface area contributed by atoms with Crippen molar-refractivity contribution in [2.45, 2.75) is 80.2 Å². The molecule has 0 fully saturated rings. The summed E-state index contributed by atoms with van der Waals surface area (Å²) in [4.78, 5) is 26.2. The molecule has 1 aliphatic rings. The Bertz CT molecular complexity index is 972. The molecule has 1 aromatic carbocycles. The van der Waals surface area contributed by atoms with Crippen molar-refractivity contribution < 1.29 is 18.0 Å². The van der Waals surface area contributed by atoms with Gasteiger partial charge in [-0.15, -0.1) is 0 Å². The van der Waals surface area contributed by atoms with Crippen molar-refractivity contribution in [3.63, 3.8) is 0 Å². The summed E-state index contributed by atoms with van der Waals surface area (Å²) >= 11 is 0. The Labute approximate surface area is 205 Å². The molecule has 0 spiro atoms. The maximum absolute atomic E-state index is 12.6. The smallest absolute Gasteiger partial charge is 0.301 e. The molecule has 2 rings (SSSR count). The van der Waals surface area contributed by atoms with E-state index in [2.05, 4.69) is 27.9 Å². The molecule has 0 saturated heterocycles. The zero-order chi connectivity index (χ0) is 25.7. The van der Waals surface area contributed by atoms with Gasteiger partial charge in [0, 0.05) is 31.5 Å². The first kappa shape index (κ1) is 28.1. The summed E-state index contributed by atoms with van der Waals surface area (Å²) in [5.41, 5.74) is 2.71. The average Bonchev–Trinajstić information content (AvgIpc) is 3.14. The SMILES string of the molecule is CCC(C)C(NS(=O)(=O)NC(C)=O)C(C)CCCN1CCc2cccc(NC(=O)C(C)(C)C)c21. The van der Waals surface area contributed by atoms with Gasteiger partial charge in [-0.25, -0.2) is 4.72 Å². The van der Waals surface area contributed by atoms with Crippen molar-refractivity contribution in [1.29, 1.82) is 0 Å². The van der Waals surface area contributed by atoms with E-state index in [0.717, 1.165) is 50.1 Å². The fourth-order valence-electron chi connectivity index (χ4n) is 4.40. The van der Waals surface area contributed by atoms with E-state index in [0.29, 0.717) is 0 Å². The van der Waals surface area contributed by atoms with Gasteiger partial charge in [0.2, 0.25) is 11.8 Å². The Morgan fingerprint density at radius 3 is 2.41 bits per heavy atom. The number of nitrogens with zero attached hydrogens (tertiary/aromatic N) is 1. The van der Waals surface area contributed by atoms with Crippen molar-refractivity contribution in [3.8, 4) is 0 Å². The van der Waals surface area contributed by atoms with Gasteiger partial charge >= 0.3 is 10.2 Å². The van der Waals surface area contributed by atoms with Crippen molar-refractivity contribution >= 4 is 33.4 Å². The maximum atomic E-state index is 12.6. The minimum atomic E-state index is -3.89. The molecule has 192 valence electrons. The van der Waals surface area contributed by atoms with Gasteiger partial charge in [0.05, 0.1) is 11.4 Å². The summed E-state index contributed by atoms with van der Waals surface area (Å²) in [6.45, 7) is 14.7. The van der Waals surface area contributed by atoms with Crippen LogP contribution in [0, 0.1) is 17.3 Å². The van der Waals surface area contributed by atoms with E-state index in [1.54, 1.807) is 0 Å². The number of amides is 2. The Kier molecular flexibility index (Phi) is 9.53. The molecular formula is C25H42N4O4S. The molecule has 9 heteroatoms. The normalized spacial score (nSPS) is 16.5. The highest BCUT2D eigenvalue weighted by Crippen LogP contribution is 2.36. The fraction of sp³-hybridized carbons (Fsp3) is 0.680. The zero-order valence-electron chi connectivity index (χ0n) is 21.7. The molecule has 2 amide bonds. The quantitative estimate of drug-likeness (QED) is 0.433. The van der Waals surface area contributed by atoms with Gasteiger partial charge in [-0.3, -0.25) is 9.59 Å². The van der Waals surface area contributed by atoms with Crippen LogP contribution in [0.15, 0.2) is 18.2 Å². The van der Waals surface area contributed by atoms with E-state index in [1.807, 2.05) is 51.5 Å². The van der Waals surface area contributed by atoms with Crippen LogP contribution in [-0.2, 0) is 26.2 Å². The second-order valence-electron chi connectivity index (χ2n) is 10.6. The van der Waals surface area contributed by atoms with Crippen LogP contribution in [-0.4, -0.2) is 39.4 Å². The standard InChI is InChI=1S/C25H42N4O4S/c1-8-17(2)22(28-34(32,33)27-19(4)30)18(3)11-10-15-29-16-14-20-12-9-13-21(23(20)29)26-24(31)25(5,6)7/h9,12-13,17-18,22,28H,8,10-11,14-16H2,1-7H3,(H,26,31)(H,27,30). The van der Waals surface area contributed by atoms with Crippen LogP contribution in [0.1, 0.15) is 73.3 Å². The molecule has 3 unspecified atom stereocenters. The van der Waals surface area contributed by atoms with Gasteiger partial charge in [0.1, 0.15) is 0 Å². The van der Waals surface area contributed by atoms with Crippen molar-refractivity contribution in [3.05, 3.63) is 23.8 Å². The summed E-state index contributed by atoms with van der Waals surface area (Å²) < 4.78 is 29.3. The van der Waals surface area contributed by atoms with Crippen molar-refractivity contribution in [2.75, 3.05) is 23.3 Å². The molecule has 0 bridgehead atoms. The second kappa shape index (κ2) is 11.5. The number of rotatable bonds is 11. The molecule has 3 atom stereocenters. The number of hydrogen-bond donors (Lipinski definition) is 3. The molecular weight excluding hydrogens is 452 g/mol. The first-order valence-electron chi connectivity index (χ1n) is 12.2. The molecule has 1 aliphatic heterocycles. The third-order valence-electron chi connectivity index (χ3n) is 6.54. The lowest BCUT2D eigenvalue weighted by Crippen LogP contribution is -2.49. The Morgan fingerprint density at radius 2 is 1.82 bits per heavy atom. The second-order valence-corrected chi connectivity index (χ2v) is 12.0. The van der Waals surface area contributed by atoms with E-state index in [-0.39, 0.29) is 23.8 Å². The summed E-state index contributed by atoms with van der Waals surface area (Å²) in [6.07, 6.45) is 3.49. The van der Waals surface area contributed by atoms with E-state index in [1.165, 1.54) is 12.5 Å². The number of anilines is 2. The van der Waals surface area contributed by atoms with E-state index in [4.69, 9.17) is 0 Å². The van der Waals surface area contributed by atoms with Gasteiger partial charge in [0.15, 0.2) is 0 Å². The first-order chi connectivity index (χ1) is 15.7. The van der Waals surface area contributed by atoms with Gasteiger partial charge in [-0.2, -0.15) is 13.1 Å². The number of carbonyl (C=O) groups excluding carboxylic acids is 2. The molecule has 1 aromatic rings. The van der Waals surface area contributed by atoms with Crippen LogP contribution in [0.5, 0.6) is 0 Å². The number of nitrogens with one attached hydrogen (secondary N) is 3. The van der Waals surface area contributed by atoms with E-state index >= 15 is 0 Å². The lowest BCUT2D eigenvalue weighted by atomic mass is 9.87. The molecule has 0 aromatic heterocycles. The number of hydrogen-bond acceptors (Lipinski definition) is 5. The van der Waals surface area contributed by atoms with Crippen LogP contribution in [0.2, 0.25) is 0 Å². The van der Waals surface area contributed by atoms with E-state index in [9.17, 15) is 18.0 Å². The van der Waals surface area contributed by atoms with Crippen LogP contribution in [0.4, 0.5) is 11.4 Å². The summed E-state index contributed by atoms with van der Waals surface area (Å²) in [5, 5.41) is 3.10. The Hall–Kier alpha value is -2.13. The molecule has 1 heterocycles. The molecule has 34 heavy (non-hydrogen) atoms. The highest BCUT2D eigenvalue weighted by Gasteiger charge is 2.29. The largest absolute Gasteiger partial charge is 0.369 e. The summed E-state index contributed by atoms with van der Waals surface area (Å²) in [6, 6.07) is 5.79. The summed E-state index contributed by atoms with van der Waals surface area (Å²) in [7, 11) is -3.89. The first-order valence-corrected chi connectivity index (χ1v) is 13.7. The van der Waals surface area contributed by atoms with Crippen LogP contribution >= 0.6 is 0 Å². The highest BCUT2D eigenvalue weighted by atomic mass is 32.2. The fourth-order valence-corrected chi connectivity index (χ4v) is 5.66. The van der Waals surface area contributed by atoms with Gasteiger partial charge < -0.3 is 10.2 Å². The van der Waals surface area contributed by atoms with Crippen LogP contribution in [0.3, 0.4) is 0 Å². The minimum absolute atomic E-state index is 0.00998. The molecule has 8 nitrogen and oxygen atoms in total. The number of benzene rings is 1. The van der Waals surface area contributed by atoms with Crippen molar-refractivity contribution in [2.24, 2.45) is 17.3 Å². The third-order valence-corrected chi connectivity index (χ3v) is 7.68. The Balaban J connectivity index is 2.05. The predicted octanol–water partition coefficient (Wildman–Crippen LogP) is 3.84. The van der Waals surface area contributed by atoms with Gasteiger partial charge in [-0.05, 0) is 42.7 Å². The lowest BCUT2D eigenvalue weighted by Gasteiger charge is -2.30. The van der Waals surface area contributed by atoms with Crippen LogP contribution in [0.25, 0.3) is 0 Å². The lowest BCUT2D eigenvalue weighted by molar-refractivity contribution is -0.123. The average molecular weight is 495 g/mol. The maximum Gasteiger partial charge on any atom is 0.301 e. The number of fused-ring (bicyclic) bond motifs is 1. The predicted molar refractivity (Wildman–Crippen MR) is 138 cm³/mol. The monoisotopic (exact) mass is 494 g/mol. The molecule has 3 N–H and O–H groups in total. The minimum Gasteiger partial charge on any atom is -0.369 e. The van der Waals surface area contributed by atoms with E-state index < -0.39 is 21.5 Å². The highest BCUT2D eigenvalue weighted by molar-refractivity contribution is 7.88. The van der Waals surface area contributed by atoms with Crippen LogP contribution < -0.4 is 19.7 Å². The number of para-hydroxylation sites is 1. The Morgan fingerprint density at radius 1 is 1.15 bits per heavy atom. The summed E-state index contributed by atoms with van der Waals surface area (Å²) in [5.74, 6) is -0.393. The van der Waals surface area contributed by atoms with Gasteiger partial charge in [0.25, 0.3) is 0 Å². The third kappa shape index (κ3) is 7.70. The molecule has 0 saturated carbocycles. The van der Waals surface area contributed by atoms with Gasteiger partial charge in [-0.1, -0.05) is 60.1 Å². The molecule has 0 radical (unpaired) electrons. The number of carbonyl (C=O) groups is 2. The molecule has 0 aliphatic carbocycles. The zero-order valence-corrected chi connectivity index (χ0v) is 22.5. The van der Waals surface area contributed by atoms with Crippen molar-refractivity contribution in [1.82, 2.24) is 9.44 Å².